The van der Waals surface area contributed by atoms with Gasteiger partial charge in [0.1, 0.15) is 12.3 Å². The van der Waals surface area contributed by atoms with Crippen molar-refractivity contribution in [3.63, 3.8) is 0 Å². The van der Waals surface area contributed by atoms with E-state index in [9.17, 15) is 23.1 Å². The largest absolute Gasteiger partial charge is 0.459 e. The zero-order chi connectivity index (χ0) is 17.9. The van der Waals surface area contributed by atoms with Crippen LogP contribution in [-0.4, -0.2) is 59.2 Å². The van der Waals surface area contributed by atoms with Crippen molar-refractivity contribution < 1.29 is 27.8 Å². The number of hydrogen-bond acceptors (Lipinski definition) is 5. The van der Waals surface area contributed by atoms with Gasteiger partial charge < -0.3 is 15.2 Å². The maximum absolute atomic E-state index is 12.7. The number of esters is 1. The SMILES string of the molecule is CC(C)(C)C(=O)OC1C2CC3CC(N2)C1N(C(O)CC(F)(F)F)C3. The molecule has 0 radical (unpaired) electrons. The van der Waals surface area contributed by atoms with Gasteiger partial charge >= 0.3 is 12.1 Å². The van der Waals surface area contributed by atoms with Gasteiger partial charge in [0.25, 0.3) is 0 Å². The van der Waals surface area contributed by atoms with E-state index in [2.05, 4.69) is 5.32 Å². The van der Waals surface area contributed by atoms with Crippen LogP contribution in [0.3, 0.4) is 0 Å². The fourth-order valence-corrected chi connectivity index (χ4v) is 4.25. The number of aliphatic hydroxyl groups excluding tert-OH is 1. The van der Waals surface area contributed by atoms with Gasteiger partial charge in [-0.15, -0.1) is 0 Å². The monoisotopic (exact) mass is 350 g/mol. The number of ether oxygens (including phenoxy) is 1. The number of aliphatic hydroxyl groups is 1. The summed E-state index contributed by atoms with van der Waals surface area (Å²) in [6.07, 6.45) is -6.22. The third-order valence-corrected chi connectivity index (χ3v) is 5.25. The Morgan fingerprint density at radius 1 is 1.29 bits per heavy atom. The molecule has 3 saturated heterocycles. The zero-order valence-corrected chi connectivity index (χ0v) is 14.1. The van der Waals surface area contributed by atoms with Crippen molar-refractivity contribution in [2.45, 2.75) is 76.7 Å². The van der Waals surface area contributed by atoms with Gasteiger partial charge in [-0.05, 0) is 39.5 Å². The Morgan fingerprint density at radius 2 is 1.92 bits per heavy atom. The first-order valence-electron chi connectivity index (χ1n) is 8.43. The molecule has 3 rings (SSSR count). The van der Waals surface area contributed by atoms with E-state index in [0.29, 0.717) is 6.54 Å². The van der Waals surface area contributed by atoms with E-state index in [1.165, 1.54) is 4.90 Å². The molecule has 0 aromatic heterocycles. The Bertz CT molecular complexity index is 506. The molecule has 6 atom stereocenters. The van der Waals surface area contributed by atoms with Crippen LogP contribution in [0.2, 0.25) is 0 Å². The minimum absolute atomic E-state index is 0.0387. The van der Waals surface area contributed by atoms with Crippen molar-refractivity contribution in [3.8, 4) is 0 Å². The summed E-state index contributed by atoms with van der Waals surface area (Å²) in [5.41, 5.74) is -0.676. The fourth-order valence-electron chi connectivity index (χ4n) is 4.25. The highest BCUT2D eigenvalue weighted by Gasteiger charge is 2.57. The lowest BCUT2D eigenvalue weighted by atomic mass is 9.87. The lowest BCUT2D eigenvalue weighted by molar-refractivity contribution is -0.190. The number of rotatable bonds is 3. The molecule has 0 saturated carbocycles. The van der Waals surface area contributed by atoms with Gasteiger partial charge in [-0.1, -0.05) is 0 Å². The molecule has 3 bridgehead atoms. The second-order valence-electron chi connectivity index (χ2n) is 8.32. The van der Waals surface area contributed by atoms with Crippen LogP contribution in [0.25, 0.3) is 0 Å². The summed E-state index contributed by atoms with van der Waals surface area (Å²) in [6, 6.07) is -0.492. The first kappa shape index (κ1) is 17.9. The number of nitrogens with zero attached hydrogens (tertiary/aromatic N) is 1. The lowest BCUT2D eigenvalue weighted by Crippen LogP contribution is -2.59. The molecule has 3 heterocycles. The average Bonchev–Trinajstić information content (AvgIpc) is 2.57. The van der Waals surface area contributed by atoms with Crippen molar-refractivity contribution in [2.75, 3.05) is 6.54 Å². The molecule has 3 fully saturated rings. The van der Waals surface area contributed by atoms with E-state index in [-0.39, 0.29) is 24.0 Å². The van der Waals surface area contributed by atoms with Crippen molar-refractivity contribution in [2.24, 2.45) is 11.3 Å². The van der Waals surface area contributed by atoms with Crippen LogP contribution >= 0.6 is 0 Å². The van der Waals surface area contributed by atoms with Gasteiger partial charge in [0.05, 0.1) is 17.9 Å². The first-order valence-corrected chi connectivity index (χ1v) is 8.43. The van der Waals surface area contributed by atoms with Gasteiger partial charge in [0.15, 0.2) is 0 Å². The van der Waals surface area contributed by atoms with E-state index in [0.717, 1.165) is 12.8 Å². The second-order valence-corrected chi connectivity index (χ2v) is 8.32. The molecule has 3 aliphatic rings. The van der Waals surface area contributed by atoms with Gasteiger partial charge in [-0.2, -0.15) is 13.2 Å². The number of piperidine rings is 2. The molecule has 0 amide bonds. The molecule has 5 nitrogen and oxygen atoms in total. The number of alkyl halides is 3. The summed E-state index contributed by atoms with van der Waals surface area (Å²) >= 11 is 0. The van der Waals surface area contributed by atoms with Gasteiger partial charge in [0.2, 0.25) is 0 Å². The summed E-state index contributed by atoms with van der Waals surface area (Å²) in [5.74, 6) is -0.144. The van der Waals surface area contributed by atoms with Crippen molar-refractivity contribution in [1.29, 1.82) is 0 Å². The summed E-state index contributed by atoms with van der Waals surface area (Å²) in [5, 5.41) is 13.5. The molecule has 3 aliphatic heterocycles. The van der Waals surface area contributed by atoms with Crippen LogP contribution in [0.4, 0.5) is 13.2 Å². The van der Waals surface area contributed by atoms with Crippen LogP contribution in [-0.2, 0) is 9.53 Å². The molecular weight excluding hydrogens is 325 g/mol. The zero-order valence-electron chi connectivity index (χ0n) is 14.1. The summed E-state index contributed by atoms with van der Waals surface area (Å²) < 4.78 is 43.8. The predicted molar refractivity (Wildman–Crippen MR) is 79.9 cm³/mol. The van der Waals surface area contributed by atoms with Crippen LogP contribution in [0.1, 0.15) is 40.0 Å². The van der Waals surface area contributed by atoms with E-state index in [1.54, 1.807) is 20.8 Å². The van der Waals surface area contributed by atoms with E-state index < -0.39 is 36.4 Å². The average molecular weight is 350 g/mol. The summed E-state index contributed by atoms with van der Waals surface area (Å²) in [6.45, 7) is 5.66. The highest BCUT2D eigenvalue weighted by Crippen LogP contribution is 2.43. The van der Waals surface area contributed by atoms with Gasteiger partial charge in [-0.25, -0.2) is 0 Å². The van der Waals surface area contributed by atoms with Crippen molar-refractivity contribution in [1.82, 2.24) is 10.2 Å². The molecule has 0 aromatic rings. The molecule has 8 heteroatoms. The minimum Gasteiger partial charge on any atom is -0.459 e. The third-order valence-electron chi connectivity index (χ3n) is 5.25. The minimum atomic E-state index is -4.43. The van der Waals surface area contributed by atoms with Crippen LogP contribution < -0.4 is 5.32 Å². The number of carbonyl (C=O) groups excluding carboxylic acids is 1. The van der Waals surface area contributed by atoms with Crippen LogP contribution in [0.5, 0.6) is 0 Å². The number of nitrogens with one attached hydrogen (secondary N) is 1. The Morgan fingerprint density at radius 3 is 2.50 bits per heavy atom. The molecule has 2 N–H and O–H groups in total. The summed E-state index contributed by atoms with van der Waals surface area (Å²) in [7, 11) is 0. The Hall–Kier alpha value is -0.860. The molecule has 24 heavy (non-hydrogen) atoms. The van der Waals surface area contributed by atoms with Crippen molar-refractivity contribution >= 4 is 5.97 Å². The molecule has 138 valence electrons. The maximum Gasteiger partial charge on any atom is 0.392 e. The Balaban J connectivity index is 1.80. The highest BCUT2D eigenvalue weighted by atomic mass is 19.4. The van der Waals surface area contributed by atoms with E-state index >= 15 is 0 Å². The fraction of sp³-hybridized carbons (Fsp3) is 0.938. The molecule has 0 aromatic carbocycles. The topological polar surface area (TPSA) is 61.8 Å². The number of likely N-dealkylation sites (tertiary alicyclic amines) is 1. The molecule has 6 unspecified atom stereocenters. The smallest absolute Gasteiger partial charge is 0.392 e. The van der Waals surface area contributed by atoms with Crippen LogP contribution in [0, 0.1) is 11.3 Å². The molecule has 0 aliphatic carbocycles. The number of hydrogen-bond donors (Lipinski definition) is 2. The van der Waals surface area contributed by atoms with E-state index in [4.69, 9.17) is 4.74 Å². The number of fused-ring (bicyclic) bond motifs is 2. The van der Waals surface area contributed by atoms with Gasteiger partial charge in [-0.3, -0.25) is 9.69 Å². The quantitative estimate of drug-likeness (QED) is 0.758. The Labute approximate surface area is 139 Å². The lowest BCUT2D eigenvalue weighted by Gasteiger charge is -2.44. The third kappa shape index (κ3) is 3.41. The Kier molecular flexibility index (Phi) is 4.37. The summed E-state index contributed by atoms with van der Waals surface area (Å²) in [4.78, 5) is 13.8. The van der Waals surface area contributed by atoms with Crippen LogP contribution in [0.15, 0.2) is 0 Å². The predicted octanol–water partition coefficient (Wildman–Crippen LogP) is 1.65. The number of halogens is 3. The van der Waals surface area contributed by atoms with Gasteiger partial charge in [0, 0.05) is 18.6 Å². The highest BCUT2D eigenvalue weighted by molar-refractivity contribution is 5.75. The normalized spacial score (nSPS) is 37.5. The standard InChI is InChI=1S/C16H25F3N2O3/c1-15(2,3)14(23)24-13-10-5-8-4-9(20-10)12(13)21(7-8)11(22)6-16(17,18)19/h8-13,20,22H,4-7H2,1-3H3. The maximum atomic E-state index is 12.7. The first-order chi connectivity index (χ1) is 11.0. The van der Waals surface area contributed by atoms with E-state index in [1.807, 2.05) is 0 Å². The molecular formula is C16H25F3N2O3. The number of carbonyl (C=O) groups is 1. The molecule has 0 spiro atoms. The second kappa shape index (κ2) is 5.85. The van der Waals surface area contributed by atoms with Crippen molar-refractivity contribution in [3.05, 3.63) is 0 Å².